The number of nitro groups is 1. The number of hydrogen-bond acceptors (Lipinski definition) is 6. The van der Waals surface area contributed by atoms with Gasteiger partial charge < -0.3 is 5.11 Å². The number of thioether (sulfide) groups is 1. The Balaban J connectivity index is 1.96. The molecule has 1 unspecified atom stereocenters. The number of halogens is 1. The van der Waals surface area contributed by atoms with Crippen molar-refractivity contribution in [1.29, 1.82) is 0 Å². The Morgan fingerprint density at radius 3 is 2.68 bits per heavy atom. The minimum Gasteiger partial charge on any atom is -0.507 e. The van der Waals surface area contributed by atoms with Gasteiger partial charge in [-0.15, -0.1) is 11.8 Å². The summed E-state index contributed by atoms with van der Waals surface area (Å²) >= 11 is 7.14. The Bertz CT molecular complexity index is 812. The Labute approximate surface area is 152 Å². The van der Waals surface area contributed by atoms with Crippen molar-refractivity contribution in [2.45, 2.75) is 17.1 Å². The maximum atomic E-state index is 12.0. The zero-order valence-electron chi connectivity index (χ0n) is 13.0. The normalized spacial score (nSPS) is 12.1. The van der Waals surface area contributed by atoms with Crippen LogP contribution in [-0.2, 0) is 4.79 Å². The van der Waals surface area contributed by atoms with Crippen molar-refractivity contribution >= 4 is 41.2 Å². The number of carbonyl (C=O) groups is 1. The third-order valence-corrected chi connectivity index (χ3v) is 4.46. The summed E-state index contributed by atoms with van der Waals surface area (Å²) in [6, 6.07) is 10.6. The van der Waals surface area contributed by atoms with Crippen LogP contribution in [0.2, 0.25) is 5.02 Å². The first kappa shape index (κ1) is 18.8. The maximum Gasteiger partial charge on any atom is 0.270 e. The van der Waals surface area contributed by atoms with Crippen molar-refractivity contribution in [3.63, 3.8) is 0 Å². The van der Waals surface area contributed by atoms with Crippen molar-refractivity contribution in [2.75, 3.05) is 0 Å². The molecule has 0 fully saturated rings. The molecule has 0 heterocycles. The molecule has 2 rings (SSSR count). The molecule has 0 saturated heterocycles. The van der Waals surface area contributed by atoms with Gasteiger partial charge in [-0.1, -0.05) is 11.6 Å². The van der Waals surface area contributed by atoms with Gasteiger partial charge in [-0.2, -0.15) is 5.10 Å². The molecular weight excluding hydrogens is 366 g/mol. The van der Waals surface area contributed by atoms with E-state index in [1.807, 2.05) is 0 Å². The van der Waals surface area contributed by atoms with Gasteiger partial charge >= 0.3 is 0 Å². The highest BCUT2D eigenvalue weighted by Crippen LogP contribution is 2.25. The Hall–Kier alpha value is -2.58. The van der Waals surface area contributed by atoms with Gasteiger partial charge in [-0.25, -0.2) is 5.43 Å². The first-order chi connectivity index (χ1) is 11.9. The van der Waals surface area contributed by atoms with Gasteiger partial charge in [0.05, 0.1) is 16.4 Å². The number of hydrazone groups is 1. The van der Waals surface area contributed by atoms with Crippen molar-refractivity contribution in [2.24, 2.45) is 5.10 Å². The van der Waals surface area contributed by atoms with Crippen LogP contribution in [0.4, 0.5) is 5.69 Å². The lowest BCUT2D eigenvalue weighted by atomic mass is 10.2. The summed E-state index contributed by atoms with van der Waals surface area (Å²) in [5.74, 6) is -0.520. The average Bonchev–Trinajstić information content (AvgIpc) is 2.58. The Morgan fingerprint density at radius 1 is 1.36 bits per heavy atom. The molecule has 0 aliphatic carbocycles. The van der Waals surface area contributed by atoms with Crippen LogP contribution in [0.1, 0.15) is 12.5 Å². The predicted molar refractivity (Wildman–Crippen MR) is 97.3 cm³/mol. The molecule has 2 aromatic rings. The summed E-state index contributed by atoms with van der Waals surface area (Å²) in [4.78, 5) is 23.0. The van der Waals surface area contributed by atoms with E-state index >= 15 is 0 Å². The number of non-ortho nitro benzene ring substituents is 1. The monoisotopic (exact) mass is 379 g/mol. The second-order valence-corrected chi connectivity index (χ2v) is 6.80. The van der Waals surface area contributed by atoms with E-state index in [9.17, 15) is 20.0 Å². The SMILES string of the molecule is CC(Sc1ccc(Cl)cc1)C(=O)N/N=C/c1cc([N+](=O)[O-])ccc1O. The van der Waals surface area contributed by atoms with E-state index < -0.39 is 10.2 Å². The third-order valence-electron chi connectivity index (χ3n) is 3.10. The summed E-state index contributed by atoms with van der Waals surface area (Å²) < 4.78 is 0. The van der Waals surface area contributed by atoms with Crippen LogP contribution < -0.4 is 5.43 Å². The van der Waals surface area contributed by atoms with E-state index in [1.54, 1.807) is 31.2 Å². The molecule has 0 saturated carbocycles. The second kappa shape index (κ2) is 8.50. The van der Waals surface area contributed by atoms with Gasteiger partial charge in [0.15, 0.2) is 0 Å². The summed E-state index contributed by atoms with van der Waals surface area (Å²) in [7, 11) is 0. The molecule has 25 heavy (non-hydrogen) atoms. The maximum absolute atomic E-state index is 12.0. The highest BCUT2D eigenvalue weighted by molar-refractivity contribution is 8.00. The molecule has 7 nitrogen and oxygen atoms in total. The molecule has 2 N–H and O–H groups in total. The fourth-order valence-corrected chi connectivity index (χ4v) is 2.77. The summed E-state index contributed by atoms with van der Waals surface area (Å²) in [6.45, 7) is 1.72. The van der Waals surface area contributed by atoms with Gasteiger partial charge in [-0.3, -0.25) is 14.9 Å². The molecule has 0 spiro atoms. The van der Waals surface area contributed by atoms with Gasteiger partial charge in [0, 0.05) is 27.6 Å². The standard InChI is InChI=1S/C16H14ClN3O4S/c1-10(25-14-5-2-12(17)3-6-14)16(22)19-18-9-11-8-13(20(23)24)4-7-15(11)21/h2-10,21H,1H3,(H,19,22)/b18-9+. The second-order valence-electron chi connectivity index (χ2n) is 4.95. The highest BCUT2D eigenvalue weighted by atomic mass is 35.5. The number of rotatable bonds is 6. The summed E-state index contributed by atoms with van der Waals surface area (Å²) in [6.07, 6.45) is 1.15. The molecule has 1 amide bonds. The number of nitrogens with one attached hydrogen (secondary N) is 1. The first-order valence-corrected chi connectivity index (χ1v) is 8.35. The van der Waals surface area contributed by atoms with Gasteiger partial charge in [0.2, 0.25) is 0 Å². The topological polar surface area (TPSA) is 105 Å². The highest BCUT2D eigenvalue weighted by Gasteiger charge is 2.14. The number of amides is 1. The van der Waals surface area contributed by atoms with Gasteiger partial charge in [0.25, 0.3) is 11.6 Å². The molecule has 2 aromatic carbocycles. The summed E-state index contributed by atoms with van der Waals surface area (Å²) in [5.41, 5.74) is 2.29. The number of phenols is 1. The molecule has 0 aromatic heterocycles. The number of nitro benzene ring substituents is 1. The van der Waals surface area contributed by atoms with E-state index in [0.717, 1.165) is 17.2 Å². The number of nitrogens with zero attached hydrogens (tertiary/aromatic N) is 2. The zero-order chi connectivity index (χ0) is 18.4. The van der Waals surface area contributed by atoms with Crippen molar-refractivity contribution in [3.05, 3.63) is 63.2 Å². The Kier molecular flexibility index (Phi) is 6.37. The number of benzene rings is 2. The lowest BCUT2D eigenvalue weighted by Crippen LogP contribution is -2.26. The van der Waals surface area contributed by atoms with E-state index in [-0.39, 0.29) is 22.9 Å². The summed E-state index contributed by atoms with van der Waals surface area (Å²) in [5, 5.41) is 24.3. The van der Waals surface area contributed by atoms with Crippen LogP contribution in [0.25, 0.3) is 0 Å². The van der Waals surface area contributed by atoms with Crippen LogP contribution in [0.3, 0.4) is 0 Å². The minimum absolute atomic E-state index is 0.132. The zero-order valence-corrected chi connectivity index (χ0v) is 14.6. The lowest BCUT2D eigenvalue weighted by molar-refractivity contribution is -0.384. The smallest absolute Gasteiger partial charge is 0.270 e. The third kappa shape index (κ3) is 5.47. The largest absolute Gasteiger partial charge is 0.507 e. The molecule has 0 aliphatic heterocycles. The van der Waals surface area contributed by atoms with Gasteiger partial charge in [0.1, 0.15) is 5.75 Å². The van der Waals surface area contributed by atoms with Crippen molar-refractivity contribution in [1.82, 2.24) is 5.43 Å². The fraction of sp³-hybridized carbons (Fsp3) is 0.125. The molecule has 0 aliphatic rings. The van der Waals surface area contributed by atoms with Crippen LogP contribution in [-0.4, -0.2) is 27.4 Å². The van der Waals surface area contributed by atoms with Crippen molar-refractivity contribution < 1.29 is 14.8 Å². The number of hydrogen-bond donors (Lipinski definition) is 2. The minimum atomic E-state index is -0.583. The predicted octanol–water partition coefficient (Wildman–Crippen LogP) is 3.58. The van der Waals surface area contributed by atoms with Crippen LogP contribution in [0, 0.1) is 10.1 Å². The van der Waals surface area contributed by atoms with Crippen LogP contribution in [0.15, 0.2) is 52.5 Å². The average molecular weight is 380 g/mol. The van der Waals surface area contributed by atoms with E-state index in [4.69, 9.17) is 11.6 Å². The van der Waals surface area contributed by atoms with Gasteiger partial charge in [-0.05, 0) is 37.3 Å². The number of aromatic hydroxyl groups is 1. The molecule has 9 heteroatoms. The van der Waals surface area contributed by atoms with Crippen LogP contribution >= 0.6 is 23.4 Å². The first-order valence-electron chi connectivity index (χ1n) is 7.09. The van der Waals surface area contributed by atoms with Crippen LogP contribution in [0.5, 0.6) is 5.75 Å². The Morgan fingerprint density at radius 2 is 2.04 bits per heavy atom. The van der Waals surface area contributed by atoms with E-state index in [2.05, 4.69) is 10.5 Å². The number of phenolic OH excluding ortho intramolecular Hbond substituents is 1. The molecule has 1 atom stereocenters. The van der Waals surface area contributed by atoms with Crippen molar-refractivity contribution in [3.8, 4) is 5.75 Å². The molecule has 0 bridgehead atoms. The fourth-order valence-electron chi connectivity index (χ4n) is 1.79. The molecule has 0 radical (unpaired) electrons. The van der Waals surface area contributed by atoms with E-state index in [0.29, 0.717) is 5.02 Å². The number of carbonyl (C=O) groups excluding carboxylic acids is 1. The molecular formula is C16H14ClN3O4S. The van der Waals surface area contributed by atoms with E-state index in [1.165, 1.54) is 23.9 Å². The molecule has 130 valence electrons. The lowest BCUT2D eigenvalue weighted by Gasteiger charge is -2.09. The quantitative estimate of drug-likeness (QED) is 0.345.